The molecule has 3 aliphatic rings. The number of piperidine rings is 2. The quantitative estimate of drug-likeness (QED) is 0.135. The van der Waals surface area contributed by atoms with Gasteiger partial charge in [0.05, 0.1) is 41.4 Å². The van der Waals surface area contributed by atoms with Gasteiger partial charge in [-0.3, -0.25) is 23.4 Å². The number of hydrogen-bond acceptors (Lipinski definition) is 8. The number of nitrogens with zero attached hydrogens (tertiary/aromatic N) is 6. The van der Waals surface area contributed by atoms with E-state index in [0.29, 0.717) is 35.2 Å². The highest BCUT2D eigenvalue weighted by atomic mass is 19.4. The molecule has 314 valence electrons. The maximum Gasteiger partial charge on any atom is 0.433 e. The fourth-order valence-electron chi connectivity index (χ4n) is 9.51. The lowest BCUT2D eigenvalue weighted by molar-refractivity contribution is -0.141. The monoisotopic (exact) mass is 816 g/mol. The molecule has 5 heterocycles. The number of rotatable bonds is 11. The highest BCUT2D eigenvalue weighted by Crippen LogP contribution is 2.37. The van der Waals surface area contributed by atoms with Gasteiger partial charge in [0.1, 0.15) is 23.4 Å². The average molecular weight is 817 g/mol. The number of aliphatic hydroxyl groups is 1. The SMILES string of the molecule is COc1cc2nn([C@H]3CC[C@H](CN4CCC(CCCc5cccc6c5n(C)c(=O)n6C5CCC(=O)NC5O)CC4)CC3)cc2cc1NC(=O)c1cccc(C(F)(F)F)n1. The van der Waals surface area contributed by atoms with Crippen LogP contribution in [-0.4, -0.2) is 78.7 Å². The van der Waals surface area contributed by atoms with Crippen molar-refractivity contribution < 1.29 is 32.6 Å². The smallest absolute Gasteiger partial charge is 0.433 e. The summed E-state index contributed by atoms with van der Waals surface area (Å²) in [6, 6.07) is 12.4. The van der Waals surface area contributed by atoms with Crippen molar-refractivity contribution in [2.45, 2.75) is 95.1 Å². The van der Waals surface area contributed by atoms with Crippen LogP contribution in [-0.2, 0) is 24.4 Å². The zero-order chi connectivity index (χ0) is 41.4. The van der Waals surface area contributed by atoms with Crippen LogP contribution in [0.2, 0.25) is 0 Å². The number of para-hydroxylation sites is 1. The molecule has 2 aromatic carbocycles. The Balaban J connectivity index is 0.805. The van der Waals surface area contributed by atoms with E-state index >= 15 is 0 Å². The second-order valence-electron chi connectivity index (χ2n) is 16.5. The number of anilines is 1. The first kappa shape index (κ1) is 40.6. The van der Waals surface area contributed by atoms with Gasteiger partial charge in [-0.25, -0.2) is 9.78 Å². The number of halogens is 3. The summed E-state index contributed by atoms with van der Waals surface area (Å²) in [5, 5.41) is 21.4. The number of pyridine rings is 1. The van der Waals surface area contributed by atoms with Crippen molar-refractivity contribution in [2.24, 2.45) is 18.9 Å². The number of benzene rings is 2. The second kappa shape index (κ2) is 16.8. The molecule has 1 saturated carbocycles. The van der Waals surface area contributed by atoms with Crippen molar-refractivity contribution in [1.82, 2.24) is 34.1 Å². The van der Waals surface area contributed by atoms with Gasteiger partial charge in [-0.05, 0) is 113 Å². The zero-order valence-electron chi connectivity index (χ0n) is 33.4. The molecule has 13 nitrogen and oxygen atoms in total. The lowest BCUT2D eigenvalue weighted by atomic mass is 9.84. The van der Waals surface area contributed by atoms with E-state index < -0.39 is 30.0 Å². The van der Waals surface area contributed by atoms with Crippen molar-refractivity contribution in [3.63, 3.8) is 0 Å². The third-order valence-electron chi connectivity index (χ3n) is 12.7. The Bertz CT molecular complexity index is 2390. The Morgan fingerprint density at radius 1 is 1.00 bits per heavy atom. The third-order valence-corrected chi connectivity index (χ3v) is 12.7. The van der Waals surface area contributed by atoms with Crippen LogP contribution in [0.25, 0.3) is 21.9 Å². The van der Waals surface area contributed by atoms with Crippen molar-refractivity contribution in [1.29, 1.82) is 0 Å². The van der Waals surface area contributed by atoms with E-state index in [4.69, 9.17) is 9.84 Å². The molecule has 16 heteroatoms. The number of carbonyl (C=O) groups excluding carboxylic acids is 2. The molecule has 2 saturated heterocycles. The maximum absolute atomic E-state index is 13.4. The molecular weight excluding hydrogens is 766 g/mol. The molecule has 3 fully saturated rings. The van der Waals surface area contributed by atoms with E-state index in [1.165, 1.54) is 26.0 Å². The van der Waals surface area contributed by atoms with Crippen LogP contribution in [0.4, 0.5) is 18.9 Å². The predicted molar refractivity (Wildman–Crippen MR) is 216 cm³/mol. The van der Waals surface area contributed by atoms with Crippen LogP contribution in [0.3, 0.4) is 0 Å². The largest absolute Gasteiger partial charge is 0.494 e. The van der Waals surface area contributed by atoms with Crippen molar-refractivity contribution in [3.05, 3.63) is 82.2 Å². The summed E-state index contributed by atoms with van der Waals surface area (Å²) in [4.78, 5) is 44.2. The summed E-state index contributed by atoms with van der Waals surface area (Å²) < 4.78 is 50.4. The first-order valence-electron chi connectivity index (χ1n) is 20.7. The Kier molecular flexibility index (Phi) is 11.5. The molecule has 59 heavy (non-hydrogen) atoms. The van der Waals surface area contributed by atoms with Crippen LogP contribution in [0.1, 0.15) is 98.0 Å². The number of carbonyl (C=O) groups is 2. The number of fused-ring (bicyclic) bond motifs is 2. The van der Waals surface area contributed by atoms with Crippen LogP contribution in [0, 0.1) is 11.8 Å². The Labute approximate surface area is 339 Å². The number of aliphatic hydroxyl groups excluding tert-OH is 1. The van der Waals surface area contributed by atoms with Gasteiger partial charge in [0.25, 0.3) is 5.91 Å². The number of methoxy groups -OCH3 is 1. The van der Waals surface area contributed by atoms with Crippen LogP contribution in [0.5, 0.6) is 5.75 Å². The number of aryl methyl sites for hydroxylation is 2. The summed E-state index contributed by atoms with van der Waals surface area (Å²) in [5.41, 5.74) is 2.20. The van der Waals surface area contributed by atoms with E-state index in [2.05, 4.69) is 26.6 Å². The molecule has 2 amide bonds. The molecule has 0 radical (unpaired) electrons. The minimum absolute atomic E-state index is 0.177. The minimum Gasteiger partial charge on any atom is -0.494 e. The van der Waals surface area contributed by atoms with Gasteiger partial charge in [0, 0.05) is 37.7 Å². The molecular formula is C43H51F3N8O5. The minimum atomic E-state index is -4.66. The van der Waals surface area contributed by atoms with Crippen molar-refractivity contribution in [3.8, 4) is 5.75 Å². The van der Waals surface area contributed by atoms with Gasteiger partial charge in [-0.1, -0.05) is 24.6 Å². The molecule has 8 rings (SSSR count). The summed E-state index contributed by atoms with van der Waals surface area (Å²) in [6.07, 6.45) is 6.57. The number of aromatic nitrogens is 5. The van der Waals surface area contributed by atoms with E-state index in [-0.39, 0.29) is 29.8 Å². The molecule has 3 N–H and O–H groups in total. The lowest BCUT2D eigenvalue weighted by Crippen LogP contribution is -2.47. The van der Waals surface area contributed by atoms with Crippen LogP contribution >= 0.6 is 0 Å². The first-order chi connectivity index (χ1) is 28.4. The van der Waals surface area contributed by atoms with Gasteiger partial charge >= 0.3 is 11.9 Å². The van der Waals surface area contributed by atoms with Crippen LogP contribution < -0.4 is 21.1 Å². The van der Waals surface area contributed by atoms with Crippen LogP contribution in [0.15, 0.2) is 59.5 Å². The number of ether oxygens (including phenoxy) is 1. The Hall–Kier alpha value is -5.22. The molecule has 2 unspecified atom stereocenters. The summed E-state index contributed by atoms with van der Waals surface area (Å²) in [5.74, 6) is 0.682. The standard InChI is InChI=1S/C43H51F3N8O5/c1-51-39-28(8-4-10-34(39)54(42(51)58)35-16-17-38(55)49-41(35)57)7-3-6-26-18-20-52(21-19-26)24-27-12-14-30(15-13-27)53-25-29-22-33(36(59-2)23-32(29)50-53)48-40(56)31-9-5-11-37(47-31)43(44,45)46/h4-5,8-11,22-23,25-27,30,35,41,57H,3,6-7,12-21,24H2,1-2H3,(H,48,56)(H,49,55)/t27-,30-,35?,41?. The zero-order valence-corrected chi connectivity index (χ0v) is 33.4. The highest BCUT2D eigenvalue weighted by Gasteiger charge is 2.34. The van der Waals surface area contributed by atoms with E-state index in [9.17, 15) is 32.7 Å². The number of amides is 2. The molecule has 2 aliphatic heterocycles. The first-order valence-corrected chi connectivity index (χ1v) is 20.7. The number of imidazole rings is 1. The molecule has 0 bridgehead atoms. The fraction of sp³-hybridized carbons (Fsp3) is 0.512. The number of alkyl halides is 3. The van der Waals surface area contributed by atoms with E-state index in [0.717, 1.165) is 98.7 Å². The Morgan fingerprint density at radius 3 is 2.49 bits per heavy atom. The number of hydrogen-bond donors (Lipinski definition) is 3. The van der Waals surface area contributed by atoms with Gasteiger partial charge < -0.3 is 25.4 Å². The lowest BCUT2D eigenvalue weighted by Gasteiger charge is -2.36. The predicted octanol–water partition coefficient (Wildman–Crippen LogP) is 6.60. The highest BCUT2D eigenvalue weighted by molar-refractivity contribution is 6.05. The number of likely N-dealkylation sites (tertiary alicyclic amines) is 1. The average Bonchev–Trinajstić information content (AvgIpc) is 3.75. The molecule has 3 aromatic heterocycles. The normalized spacial score (nSPS) is 22.2. The van der Waals surface area contributed by atoms with Crippen molar-refractivity contribution in [2.75, 3.05) is 32.1 Å². The second-order valence-corrected chi connectivity index (χ2v) is 16.5. The molecule has 1 aliphatic carbocycles. The molecule has 0 spiro atoms. The summed E-state index contributed by atoms with van der Waals surface area (Å²) in [6.45, 7) is 3.31. The fourth-order valence-corrected chi connectivity index (χ4v) is 9.51. The van der Waals surface area contributed by atoms with Gasteiger partial charge in [0.2, 0.25) is 5.91 Å². The molecule has 5 aromatic rings. The van der Waals surface area contributed by atoms with Gasteiger partial charge in [-0.2, -0.15) is 18.3 Å². The maximum atomic E-state index is 13.4. The Morgan fingerprint density at radius 2 is 1.76 bits per heavy atom. The summed E-state index contributed by atoms with van der Waals surface area (Å²) >= 11 is 0. The van der Waals surface area contributed by atoms with E-state index in [1.807, 2.05) is 23.0 Å². The van der Waals surface area contributed by atoms with E-state index in [1.54, 1.807) is 28.3 Å². The summed E-state index contributed by atoms with van der Waals surface area (Å²) in [7, 11) is 3.25. The third kappa shape index (κ3) is 8.60. The molecule has 2 atom stereocenters. The van der Waals surface area contributed by atoms with Gasteiger partial charge in [0.15, 0.2) is 0 Å². The number of nitrogens with one attached hydrogen (secondary N) is 2. The topological polar surface area (TPSA) is 149 Å². The van der Waals surface area contributed by atoms with Crippen molar-refractivity contribution >= 4 is 39.4 Å². The van der Waals surface area contributed by atoms with Gasteiger partial charge in [-0.15, -0.1) is 0 Å².